The minimum atomic E-state index is -4.60. The van der Waals surface area contributed by atoms with Crippen molar-refractivity contribution in [1.82, 2.24) is 9.47 Å². The molecule has 32 heavy (non-hydrogen) atoms. The molecule has 0 fully saturated rings. The van der Waals surface area contributed by atoms with Crippen LogP contribution in [0.3, 0.4) is 0 Å². The highest BCUT2D eigenvalue weighted by Gasteiger charge is 2.29. The number of anilines is 2. The van der Waals surface area contributed by atoms with E-state index < -0.39 is 18.9 Å². The van der Waals surface area contributed by atoms with E-state index in [2.05, 4.69) is 24.8 Å². The average Bonchev–Trinajstić information content (AvgIpc) is 3.13. The molecule has 0 saturated carbocycles. The SMILES string of the molecule is CN(C)CCn1ccc2ccc(NC(=O)c3ccc(NC(=O)OCC(F)(F)F)cc3)cc21. The number of fused-ring (bicyclic) bond motifs is 1. The summed E-state index contributed by atoms with van der Waals surface area (Å²) in [6.07, 6.45) is -3.83. The number of carbonyl (C=O) groups excluding carboxylic acids is 2. The van der Waals surface area contributed by atoms with Crippen molar-refractivity contribution in [2.45, 2.75) is 12.7 Å². The fraction of sp³-hybridized carbons (Fsp3) is 0.273. The summed E-state index contributed by atoms with van der Waals surface area (Å²) in [5.74, 6) is -0.359. The monoisotopic (exact) mass is 448 g/mol. The van der Waals surface area contributed by atoms with Crippen molar-refractivity contribution in [2.24, 2.45) is 0 Å². The number of alkyl halides is 3. The van der Waals surface area contributed by atoms with Gasteiger partial charge in [0.05, 0.1) is 5.52 Å². The van der Waals surface area contributed by atoms with Gasteiger partial charge < -0.3 is 19.5 Å². The molecule has 2 aromatic carbocycles. The lowest BCUT2D eigenvalue weighted by molar-refractivity contribution is -0.159. The molecule has 0 atom stereocenters. The van der Waals surface area contributed by atoms with Gasteiger partial charge in [0, 0.05) is 36.2 Å². The Morgan fingerprint density at radius 3 is 2.34 bits per heavy atom. The lowest BCUT2D eigenvalue weighted by Crippen LogP contribution is -2.23. The number of likely N-dealkylation sites (N-methyl/N-ethyl adjacent to an activating group) is 1. The zero-order valence-electron chi connectivity index (χ0n) is 17.6. The molecule has 0 saturated heterocycles. The molecule has 1 aromatic heterocycles. The Bertz CT molecular complexity index is 1090. The Kier molecular flexibility index (Phi) is 7.04. The molecule has 0 bridgehead atoms. The Labute approximate surface area is 182 Å². The number of nitrogens with one attached hydrogen (secondary N) is 2. The van der Waals surface area contributed by atoms with Crippen molar-refractivity contribution in [1.29, 1.82) is 0 Å². The summed E-state index contributed by atoms with van der Waals surface area (Å²) < 4.78 is 42.4. The lowest BCUT2D eigenvalue weighted by atomic mass is 10.1. The Morgan fingerprint density at radius 2 is 1.69 bits per heavy atom. The van der Waals surface area contributed by atoms with E-state index in [4.69, 9.17) is 0 Å². The molecule has 2 N–H and O–H groups in total. The van der Waals surface area contributed by atoms with Gasteiger partial charge >= 0.3 is 12.3 Å². The van der Waals surface area contributed by atoms with Crippen LogP contribution in [0.25, 0.3) is 10.9 Å². The molecule has 3 rings (SSSR count). The molecule has 10 heteroatoms. The van der Waals surface area contributed by atoms with Gasteiger partial charge in [-0.15, -0.1) is 0 Å². The maximum atomic E-state index is 12.6. The highest BCUT2D eigenvalue weighted by molar-refractivity contribution is 6.05. The van der Waals surface area contributed by atoms with E-state index in [1.165, 1.54) is 24.3 Å². The zero-order chi connectivity index (χ0) is 23.3. The van der Waals surface area contributed by atoms with Gasteiger partial charge in [-0.25, -0.2) is 4.79 Å². The number of hydrogen-bond donors (Lipinski definition) is 2. The number of nitrogens with zero attached hydrogens (tertiary/aromatic N) is 2. The first-order valence-electron chi connectivity index (χ1n) is 9.76. The van der Waals surface area contributed by atoms with Gasteiger partial charge in [0.1, 0.15) is 0 Å². The molecule has 170 valence electrons. The van der Waals surface area contributed by atoms with Gasteiger partial charge in [-0.2, -0.15) is 13.2 Å². The highest BCUT2D eigenvalue weighted by atomic mass is 19.4. The third-order valence-corrected chi connectivity index (χ3v) is 4.58. The van der Waals surface area contributed by atoms with E-state index in [1.54, 1.807) is 0 Å². The molecular formula is C22H23F3N4O3. The van der Waals surface area contributed by atoms with Gasteiger partial charge in [0.2, 0.25) is 0 Å². The number of aromatic nitrogens is 1. The molecule has 0 unspecified atom stereocenters. The molecule has 0 aliphatic heterocycles. The molecule has 0 spiro atoms. The van der Waals surface area contributed by atoms with Crippen molar-refractivity contribution in [3.8, 4) is 0 Å². The summed E-state index contributed by atoms with van der Waals surface area (Å²) in [5.41, 5.74) is 2.16. The fourth-order valence-corrected chi connectivity index (χ4v) is 2.97. The quantitative estimate of drug-likeness (QED) is 0.556. The minimum absolute atomic E-state index is 0.203. The van der Waals surface area contributed by atoms with Crippen LogP contribution in [0.4, 0.5) is 29.3 Å². The third-order valence-electron chi connectivity index (χ3n) is 4.58. The van der Waals surface area contributed by atoms with Crippen molar-refractivity contribution in [2.75, 3.05) is 37.9 Å². The lowest BCUT2D eigenvalue weighted by Gasteiger charge is -2.12. The molecule has 2 amide bonds. The van der Waals surface area contributed by atoms with Crippen molar-refractivity contribution < 1.29 is 27.5 Å². The van der Waals surface area contributed by atoms with Crippen LogP contribution in [-0.2, 0) is 11.3 Å². The van der Waals surface area contributed by atoms with E-state index in [1.807, 2.05) is 44.6 Å². The van der Waals surface area contributed by atoms with E-state index in [9.17, 15) is 22.8 Å². The normalized spacial score (nSPS) is 11.6. The predicted octanol–water partition coefficient (Wildman–Crippen LogP) is 4.57. The second-order valence-electron chi connectivity index (χ2n) is 7.43. The van der Waals surface area contributed by atoms with Crippen LogP contribution in [0, 0.1) is 0 Å². The number of rotatable bonds is 7. The van der Waals surface area contributed by atoms with Crippen molar-refractivity contribution in [3.05, 3.63) is 60.3 Å². The van der Waals surface area contributed by atoms with Crippen LogP contribution >= 0.6 is 0 Å². The summed E-state index contributed by atoms with van der Waals surface area (Å²) in [6, 6.07) is 13.4. The van der Waals surface area contributed by atoms with Gasteiger partial charge in [0.15, 0.2) is 6.61 Å². The smallest absolute Gasteiger partial charge is 0.422 e. The number of ether oxygens (including phenoxy) is 1. The molecule has 7 nitrogen and oxygen atoms in total. The summed E-state index contributed by atoms with van der Waals surface area (Å²) in [7, 11) is 4.01. The first-order chi connectivity index (χ1) is 15.1. The molecule has 0 aliphatic carbocycles. The first-order valence-corrected chi connectivity index (χ1v) is 9.76. The summed E-state index contributed by atoms with van der Waals surface area (Å²) in [4.78, 5) is 26.1. The Morgan fingerprint density at radius 1 is 1.00 bits per heavy atom. The number of benzene rings is 2. The molecule has 0 aliphatic rings. The van der Waals surface area contributed by atoms with Crippen LogP contribution in [-0.4, -0.2) is 54.9 Å². The Balaban J connectivity index is 1.62. The van der Waals surface area contributed by atoms with Gasteiger partial charge in [0.25, 0.3) is 5.91 Å². The first kappa shape index (κ1) is 23.1. The number of hydrogen-bond acceptors (Lipinski definition) is 4. The Hall–Kier alpha value is -3.53. The second kappa shape index (κ2) is 9.73. The summed E-state index contributed by atoms with van der Waals surface area (Å²) in [6.45, 7) is 0.0143. The van der Waals surface area contributed by atoms with Gasteiger partial charge in [-0.1, -0.05) is 6.07 Å². The maximum Gasteiger partial charge on any atom is 0.422 e. The van der Waals surface area contributed by atoms with Crippen LogP contribution in [0.5, 0.6) is 0 Å². The summed E-state index contributed by atoms with van der Waals surface area (Å²) in [5, 5.41) is 6.07. The largest absolute Gasteiger partial charge is 0.440 e. The minimum Gasteiger partial charge on any atom is -0.440 e. The molecule has 1 heterocycles. The fourth-order valence-electron chi connectivity index (χ4n) is 2.97. The number of amides is 2. The van der Waals surface area contributed by atoms with Gasteiger partial charge in [-0.3, -0.25) is 10.1 Å². The molecule has 0 radical (unpaired) electrons. The summed E-state index contributed by atoms with van der Waals surface area (Å²) >= 11 is 0. The number of halogens is 3. The van der Waals surface area contributed by atoms with Gasteiger partial charge in [-0.05, 0) is 61.9 Å². The van der Waals surface area contributed by atoms with Crippen molar-refractivity contribution >= 4 is 34.3 Å². The number of carbonyl (C=O) groups is 2. The average molecular weight is 448 g/mol. The van der Waals surface area contributed by atoms with E-state index >= 15 is 0 Å². The highest BCUT2D eigenvalue weighted by Crippen LogP contribution is 2.22. The maximum absolute atomic E-state index is 12.6. The topological polar surface area (TPSA) is 75.6 Å². The van der Waals surface area contributed by atoms with E-state index in [0.29, 0.717) is 11.3 Å². The predicted molar refractivity (Wildman–Crippen MR) is 116 cm³/mol. The van der Waals surface area contributed by atoms with Crippen molar-refractivity contribution in [3.63, 3.8) is 0 Å². The zero-order valence-corrected chi connectivity index (χ0v) is 17.6. The van der Waals surface area contributed by atoms with Crippen LogP contribution < -0.4 is 10.6 Å². The van der Waals surface area contributed by atoms with E-state index in [-0.39, 0.29) is 11.6 Å². The third kappa shape index (κ3) is 6.48. The molecular weight excluding hydrogens is 425 g/mol. The van der Waals surface area contributed by atoms with Crippen LogP contribution in [0.1, 0.15) is 10.4 Å². The van der Waals surface area contributed by atoms with E-state index in [0.717, 1.165) is 24.0 Å². The van der Waals surface area contributed by atoms with Crippen LogP contribution in [0.2, 0.25) is 0 Å². The standard InChI is InChI=1S/C22H23F3N4O3/c1-28(2)11-12-29-10-9-15-3-8-18(13-19(15)29)26-20(30)16-4-6-17(7-5-16)27-21(31)32-14-22(23,24)25/h3-10,13H,11-12,14H2,1-2H3,(H,26,30)(H,27,31). The second-order valence-corrected chi connectivity index (χ2v) is 7.43. The van der Waals surface area contributed by atoms with Crippen LogP contribution in [0.15, 0.2) is 54.7 Å². The molecule has 3 aromatic rings.